The Bertz CT molecular complexity index is 512. The number of hydrogen-bond donors (Lipinski definition) is 1. The Balaban J connectivity index is 2.02. The second-order valence-electron chi connectivity index (χ2n) is 4.50. The van der Waals surface area contributed by atoms with Crippen LogP contribution in [0.25, 0.3) is 0 Å². The van der Waals surface area contributed by atoms with Crippen LogP contribution >= 0.6 is 0 Å². The number of nitrogens with zero attached hydrogens (tertiary/aromatic N) is 1. The Hall–Kier alpha value is -2.24. The molecule has 0 fully saturated rings. The molecule has 102 valence electrons. The van der Waals surface area contributed by atoms with E-state index in [4.69, 9.17) is 14.6 Å². The van der Waals surface area contributed by atoms with Gasteiger partial charge in [0.1, 0.15) is 11.5 Å². The van der Waals surface area contributed by atoms with Crippen LogP contribution in [0.2, 0.25) is 0 Å². The van der Waals surface area contributed by atoms with Crippen molar-refractivity contribution in [2.75, 3.05) is 20.7 Å². The van der Waals surface area contributed by atoms with Crippen LogP contribution in [-0.2, 0) is 16.0 Å². The summed E-state index contributed by atoms with van der Waals surface area (Å²) in [5.74, 6) is -0.145. The third-order valence-corrected chi connectivity index (χ3v) is 2.85. The molecule has 6 nitrogen and oxygen atoms in total. The molecule has 1 aromatic rings. The van der Waals surface area contributed by atoms with Crippen LogP contribution < -0.4 is 9.47 Å². The first kappa shape index (κ1) is 13.2. The molecule has 0 aromatic heterocycles. The first-order valence-corrected chi connectivity index (χ1v) is 5.82. The Morgan fingerprint density at radius 2 is 2.21 bits per heavy atom. The van der Waals surface area contributed by atoms with Crippen molar-refractivity contribution >= 4 is 11.9 Å². The van der Waals surface area contributed by atoms with Crippen LogP contribution in [0.15, 0.2) is 18.2 Å². The second kappa shape index (κ2) is 5.17. The van der Waals surface area contributed by atoms with Crippen molar-refractivity contribution in [1.29, 1.82) is 0 Å². The van der Waals surface area contributed by atoms with E-state index in [1.807, 2.05) is 0 Å². The highest BCUT2D eigenvalue weighted by molar-refractivity contribution is 5.77. The van der Waals surface area contributed by atoms with E-state index in [1.165, 1.54) is 4.90 Å². The number of benzene rings is 1. The summed E-state index contributed by atoms with van der Waals surface area (Å²) in [4.78, 5) is 23.7. The molecule has 0 saturated carbocycles. The van der Waals surface area contributed by atoms with Gasteiger partial charge < -0.3 is 19.5 Å². The number of carboxylic acids is 1. The van der Waals surface area contributed by atoms with Crippen LogP contribution in [0, 0.1) is 0 Å². The van der Waals surface area contributed by atoms with E-state index in [-0.39, 0.29) is 12.5 Å². The van der Waals surface area contributed by atoms with Gasteiger partial charge >= 0.3 is 5.97 Å². The molecule has 0 bridgehead atoms. The van der Waals surface area contributed by atoms with Gasteiger partial charge in [-0.25, -0.2) is 4.79 Å². The summed E-state index contributed by atoms with van der Waals surface area (Å²) in [7, 11) is 3.30. The van der Waals surface area contributed by atoms with Gasteiger partial charge in [0, 0.05) is 26.6 Å². The lowest BCUT2D eigenvalue weighted by Gasteiger charge is -2.11. The Morgan fingerprint density at radius 3 is 2.84 bits per heavy atom. The predicted octanol–water partition coefficient (Wildman–Crippen LogP) is 0.542. The van der Waals surface area contributed by atoms with Gasteiger partial charge in [0.15, 0.2) is 12.7 Å². The van der Waals surface area contributed by atoms with Crippen LogP contribution in [0.4, 0.5) is 0 Å². The Labute approximate surface area is 110 Å². The zero-order valence-electron chi connectivity index (χ0n) is 10.8. The van der Waals surface area contributed by atoms with Crippen molar-refractivity contribution in [3.8, 4) is 11.5 Å². The lowest BCUT2D eigenvalue weighted by atomic mass is 10.1. The summed E-state index contributed by atoms with van der Waals surface area (Å²) < 4.78 is 10.6. The molecule has 1 aromatic carbocycles. The lowest BCUT2D eigenvalue weighted by Crippen LogP contribution is -2.27. The third-order valence-electron chi connectivity index (χ3n) is 2.85. The fourth-order valence-electron chi connectivity index (χ4n) is 1.71. The molecular weight excluding hydrogens is 250 g/mol. The summed E-state index contributed by atoms with van der Waals surface area (Å²) in [5, 5.41) is 8.89. The zero-order chi connectivity index (χ0) is 14.0. The second-order valence-corrected chi connectivity index (χ2v) is 4.50. The van der Waals surface area contributed by atoms with Crippen molar-refractivity contribution in [2.24, 2.45) is 0 Å². The SMILES string of the molecule is CN(C)C(=O)COc1ccc2c(c1)OC(C(=O)O)C2. The normalized spacial score (nSPS) is 16.4. The van der Waals surface area contributed by atoms with Gasteiger partial charge in [-0.1, -0.05) is 6.07 Å². The standard InChI is InChI=1S/C13H15NO5/c1-14(2)12(15)7-18-9-4-3-8-5-11(13(16)17)19-10(8)6-9/h3-4,6,11H,5,7H2,1-2H3,(H,16,17). The molecule has 0 aliphatic carbocycles. The topological polar surface area (TPSA) is 76.1 Å². The summed E-state index contributed by atoms with van der Waals surface area (Å²) >= 11 is 0. The number of carboxylic acid groups (broad SMARTS) is 1. The summed E-state index contributed by atoms with van der Waals surface area (Å²) in [6, 6.07) is 5.07. The fraction of sp³-hybridized carbons (Fsp3) is 0.385. The van der Waals surface area contributed by atoms with Gasteiger partial charge in [-0.05, 0) is 11.6 Å². The minimum atomic E-state index is -0.985. The maximum Gasteiger partial charge on any atom is 0.345 e. The molecule has 1 unspecified atom stereocenters. The average molecular weight is 265 g/mol. The monoisotopic (exact) mass is 265 g/mol. The maximum absolute atomic E-state index is 11.4. The van der Waals surface area contributed by atoms with Gasteiger partial charge in [0.05, 0.1) is 0 Å². The first-order chi connectivity index (χ1) is 8.97. The number of likely N-dealkylation sites (N-methyl/N-ethyl adjacent to an activating group) is 1. The molecule has 1 N–H and O–H groups in total. The molecule has 1 aliphatic rings. The van der Waals surface area contributed by atoms with E-state index < -0.39 is 12.1 Å². The molecule has 2 rings (SSSR count). The highest BCUT2D eigenvalue weighted by Crippen LogP contribution is 2.32. The molecule has 0 saturated heterocycles. The molecule has 19 heavy (non-hydrogen) atoms. The number of hydrogen-bond acceptors (Lipinski definition) is 4. The van der Waals surface area contributed by atoms with Gasteiger partial charge in [-0.2, -0.15) is 0 Å². The van der Waals surface area contributed by atoms with Gasteiger partial charge in [0.25, 0.3) is 5.91 Å². The molecule has 1 heterocycles. The van der Waals surface area contributed by atoms with Gasteiger partial charge in [-0.3, -0.25) is 4.79 Å². The third kappa shape index (κ3) is 2.96. The van der Waals surface area contributed by atoms with Crippen LogP contribution in [-0.4, -0.2) is 48.7 Å². The average Bonchev–Trinajstić information content (AvgIpc) is 2.78. The quantitative estimate of drug-likeness (QED) is 0.860. The number of carbonyl (C=O) groups is 2. The molecule has 1 atom stereocenters. The fourth-order valence-corrected chi connectivity index (χ4v) is 1.71. The number of amides is 1. The zero-order valence-corrected chi connectivity index (χ0v) is 10.8. The molecule has 6 heteroatoms. The van der Waals surface area contributed by atoms with Crippen molar-refractivity contribution < 1.29 is 24.2 Å². The Kier molecular flexibility index (Phi) is 3.59. The summed E-state index contributed by atoms with van der Waals surface area (Å²) in [5.41, 5.74) is 0.832. The Morgan fingerprint density at radius 1 is 1.47 bits per heavy atom. The predicted molar refractivity (Wildman–Crippen MR) is 66.4 cm³/mol. The van der Waals surface area contributed by atoms with Crippen molar-refractivity contribution in [1.82, 2.24) is 4.90 Å². The molecule has 0 spiro atoms. The van der Waals surface area contributed by atoms with E-state index in [9.17, 15) is 9.59 Å². The summed E-state index contributed by atoms with van der Waals surface area (Å²) in [6.07, 6.45) is -0.490. The molecule has 0 radical (unpaired) electrons. The number of carbonyl (C=O) groups excluding carboxylic acids is 1. The van der Waals surface area contributed by atoms with E-state index in [0.29, 0.717) is 17.9 Å². The smallest absolute Gasteiger partial charge is 0.345 e. The number of rotatable bonds is 4. The number of fused-ring (bicyclic) bond motifs is 1. The number of aliphatic carboxylic acids is 1. The maximum atomic E-state index is 11.4. The summed E-state index contributed by atoms with van der Waals surface area (Å²) in [6.45, 7) is -0.0614. The minimum absolute atomic E-state index is 0.0614. The highest BCUT2D eigenvalue weighted by Gasteiger charge is 2.29. The van der Waals surface area contributed by atoms with E-state index in [1.54, 1.807) is 32.3 Å². The molecule has 1 amide bonds. The van der Waals surface area contributed by atoms with Crippen LogP contribution in [0.1, 0.15) is 5.56 Å². The van der Waals surface area contributed by atoms with Crippen molar-refractivity contribution in [2.45, 2.75) is 12.5 Å². The van der Waals surface area contributed by atoms with E-state index in [2.05, 4.69) is 0 Å². The van der Waals surface area contributed by atoms with Gasteiger partial charge in [0.2, 0.25) is 0 Å². The highest BCUT2D eigenvalue weighted by atomic mass is 16.5. The lowest BCUT2D eigenvalue weighted by molar-refractivity contribution is -0.144. The number of ether oxygens (including phenoxy) is 2. The molecule has 1 aliphatic heterocycles. The first-order valence-electron chi connectivity index (χ1n) is 5.82. The minimum Gasteiger partial charge on any atom is -0.484 e. The van der Waals surface area contributed by atoms with E-state index >= 15 is 0 Å². The van der Waals surface area contributed by atoms with Gasteiger partial charge in [-0.15, -0.1) is 0 Å². The van der Waals surface area contributed by atoms with Crippen molar-refractivity contribution in [3.05, 3.63) is 23.8 Å². The van der Waals surface area contributed by atoms with E-state index in [0.717, 1.165) is 5.56 Å². The molecular formula is C13H15NO5. The van der Waals surface area contributed by atoms with Crippen LogP contribution in [0.3, 0.4) is 0 Å². The largest absolute Gasteiger partial charge is 0.484 e. The van der Waals surface area contributed by atoms with Crippen molar-refractivity contribution in [3.63, 3.8) is 0 Å². The van der Waals surface area contributed by atoms with Crippen LogP contribution in [0.5, 0.6) is 11.5 Å².